The maximum Gasteiger partial charge on any atom is 0.221 e. The summed E-state index contributed by atoms with van der Waals surface area (Å²) >= 11 is 6.12. The first-order valence-electron chi connectivity index (χ1n) is 5.96. The maximum atomic E-state index is 6.12. The van der Waals surface area contributed by atoms with Gasteiger partial charge in [0.25, 0.3) is 0 Å². The van der Waals surface area contributed by atoms with Crippen molar-refractivity contribution in [3.8, 4) is 5.88 Å². The molecule has 0 amide bonds. The van der Waals surface area contributed by atoms with Crippen LogP contribution < -0.4 is 4.74 Å². The Morgan fingerprint density at radius 1 is 1.28 bits per heavy atom. The second kappa shape index (κ2) is 5.85. The van der Waals surface area contributed by atoms with E-state index in [1.54, 1.807) is 7.11 Å². The van der Waals surface area contributed by atoms with E-state index in [0.29, 0.717) is 23.5 Å². The number of rotatable bonds is 4. The first kappa shape index (κ1) is 15.2. The van der Waals surface area contributed by atoms with Gasteiger partial charge >= 0.3 is 0 Å². The average molecular weight is 273 g/mol. The lowest BCUT2D eigenvalue weighted by Gasteiger charge is -2.20. The molecule has 0 aliphatic rings. The van der Waals surface area contributed by atoms with E-state index in [-0.39, 0.29) is 11.5 Å². The number of methoxy groups -OCH3 is 1. The lowest BCUT2D eigenvalue weighted by atomic mass is 9.96. The van der Waals surface area contributed by atoms with Gasteiger partial charge in [0.05, 0.1) is 6.61 Å². The molecule has 0 saturated carbocycles. The van der Waals surface area contributed by atoms with Crippen molar-refractivity contribution in [2.24, 2.45) is 0 Å². The van der Waals surface area contributed by atoms with Gasteiger partial charge in [-0.25, -0.2) is 4.98 Å². The Labute approximate surface area is 114 Å². The highest BCUT2D eigenvalue weighted by atomic mass is 35.5. The topological polar surface area (TPSA) is 44.2 Å². The highest BCUT2D eigenvalue weighted by molar-refractivity contribution is 6.30. The zero-order valence-corrected chi connectivity index (χ0v) is 12.6. The summed E-state index contributed by atoms with van der Waals surface area (Å²) in [6, 6.07) is 0. The average Bonchev–Trinajstić information content (AvgIpc) is 2.23. The van der Waals surface area contributed by atoms with Crippen LogP contribution in [0.1, 0.15) is 39.1 Å². The summed E-state index contributed by atoms with van der Waals surface area (Å²) < 4.78 is 10.8. The molecule has 1 unspecified atom stereocenters. The summed E-state index contributed by atoms with van der Waals surface area (Å²) in [5.41, 5.74) is 0.590. The number of ether oxygens (including phenoxy) is 2. The Kier molecular flexibility index (Phi) is 4.93. The van der Waals surface area contributed by atoms with Crippen LogP contribution in [0.3, 0.4) is 0 Å². The summed E-state index contributed by atoms with van der Waals surface area (Å²) in [7, 11) is 1.64. The molecule has 102 valence electrons. The van der Waals surface area contributed by atoms with Gasteiger partial charge in [0.2, 0.25) is 5.88 Å². The lowest BCUT2D eigenvalue weighted by molar-refractivity contribution is 0.0880. The van der Waals surface area contributed by atoms with Crippen molar-refractivity contribution in [3.63, 3.8) is 0 Å². The van der Waals surface area contributed by atoms with Gasteiger partial charge in [0.15, 0.2) is 0 Å². The minimum Gasteiger partial charge on any atom is -0.472 e. The molecule has 0 saturated heterocycles. The van der Waals surface area contributed by atoms with E-state index in [1.165, 1.54) is 0 Å². The highest BCUT2D eigenvalue weighted by Gasteiger charge is 2.22. The lowest BCUT2D eigenvalue weighted by Crippen LogP contribution is -2.22. The van der Waals surface area contributed by atoms with E-state index in [1.807, 2.05) is 34.6 Å². The summed E-state index contributed by atoms with van der Waals surface area (Å²) in [6.45, 7) is 10.4. The molecule has 0 spiro atoms. The van der Waals surface area contributed by atoms with Crippen LogP contribution in [-0.2, 0) is 10.2 Å². The molecule has 1 heterocycles. The van der Waals surface area contributed by atoms with Gasteiger partial charge in [-0.15, -0.1) is 0 Å². The molecule has 1 atom stereocenters. The van der Waals surface area contributed by atoms with Crippen LogP contribution in [0.4, 0.5) is 0 Å². The molecule has 0 fully saturated rings. The van der Waals surface area contributed by atoms with Crippen LogP contribution in [-0.4, -0.2) is 29.8 Å². The predicted molar refractivity (Wildman–Crippen MR) is 72.4 cm³/mol. The summed E-state index contributed by atoms with van der Waals surface area (Å²) in [4.78, 5) is 8.75. The van der Waals surface area contributed by atoms with E-state index >= 15 is 0 Å². The van der Waals surface area contributed by atoms with Crippen molar-refractivity contribution < 1.29 is 9.47 Å². The SMILES string of the molecule is COCC(C)Oc1nc(C(C)(C)C)nc(Cl)c1C. The van der Waals surface area contributed by atoms with Crippen LogP contribution in [0.2, 0.25) is 5.15 Å². The molecule has 0 aliphatic carbocycles. The van der Waals surface area contributed by atoms with E-state index in [0.717, 1.165) is 5.56 Å². The molecule has 5 heteroatoms. The van der Waals surface area contributed by atoms with Gasteiger partial charge in [-0.3, -0.25) is 0 Å². The van der Waals surface area contributed by atoms with Gasteiger partial charge < -0.3 is 9.47 Å². The molecule has 1 aromatic heterocycles. The van der Waals surface area contributed by atoms with E-state index in [9.17, 15) is 0 Å². The van der Waals surface area contributed by atoms with Gasteiger partial charge in [-0.2, -0.15) is 4.98 Å². The van der Waals surface area contributed by atoms with Crippen molar-refractivity contribution in [3.05, 3.63) is 16.5 Å². The van der Waals surface area contributed by atoms with Crippen LogP contribution in [0.15, 0.2) is 0 Å². The Hall–Kier alpha value is -0.870. The fraction of sp³-hybridized carbons (Fsp3) is 0.692. The monoisotopic (exact) mass is 272 g/mol. The fourth-order valence-corrected chi connectivity index (χ4v) is 1.54. The van der Waals surface area contributed by atoms with Crippen molar-refractivity contribution in [1.29, 1.82) is 0 Å². The fourth-order valence-electron chi connectivity index (χ4n) is 1.38. The molecule has 1 aromatic rings. The van der Waals surface area contributed by atoms with E-state index < -0.39 is 0 Å². The quantitative estimate of drug-likeness (QED) is 0.790. The smallest absolute Gasteiger partial charge is 0.221 e. The van der Waals surface area contributed by atoms with Gasteiger partial charge in [0.1, 0.15) is 17.1 Å². The largest absolute Gasteiger partial charge is 0.472 e. The molecule has 0 aliphatic heterocycles. The molecule has 1 rings (SSSR count). The molecule has 0 radical (unpaired) electrons. The predicted octanol–water partition coefficient (Wildman–Crippen LogP) is 3.15. The Bertz CT molecular complexity index is 416. The second-order valence-electron chi connectivity index (χ2n) is 5.40. The summed E-state index contributed by atoms with van der Waals surface area (Å²) in [5.74, 6) is 1.21. The molecule has 0 aromatic carbocycles. The van der Waals surface area contributed by atoms with Gasteiger partial charge in [-0.05, 0) is 13.8 Å². The van der Waals surface area contributed by atoms with Crippen molar-refractivity contribution in [1.82, 2.24) is 9.97 Å². The second-order valence-corrected chi connectivity index (χ2v) is 5.76. The van der Waals surface area contributed by atoms with E-state index in [4.69, 9.17) is 21.1 Å². The number of aromatic nitrogens is 2. The van der Waals surface area contributed by atoms with E-state index in [2.05, 4.69) is 9.97 Å². The zero-order chi connectivity index (χ0) is 13.9. The maximum absolute atomic E-state index is 6.12. The standard InChI is InChI=1S/C13H21ClN2O2/c1-8(7-17-6)18-11-9(2)10(14)15-12(16-11)13(3,4)5/h8H,7H2,1-6H3. The first-order chi connectivity index (χ1) is 8.25. The molecular formula is C13H21ClN2O2. The Balaban J connectivity index is 3.07. The van der Waals surface area contributed by atoms with Gasteiger partial charge in [0, 0.05) is 18.1 Å². The molecule has 18 heavy (non-hydrogen) atoms. The Morgan fingerprint density at radius 2 is 1.89 bits per heavy atom. The summed E-state index contributed by atoms with van der Waals surface area (Å²) in [5, 5.41) is 0.439. The third-order valence-corrected chi connectivity index (χ3v) is 2.79. The number of halogens is 1. The first-order valence-corrected chi connectivity index (χ1v) is 6.33. The minimum absolute atomic E-state index is 0.0764. The molecular weight excluding hydrogens is 252 g/mol. The summed E-state index contributed by atoms with van der Waals surface area (Å²) in [6.07, 6.45) is -0.0764. The normalized spacial score (nSPS) is 13.5. The van der Waals surface area contributed by atoms with Crippen molar-refractivity contribution in [2.75, 3.05) is 13.7 Å². The van der Waals surface area contributed by atoms with Crippen molar-refractivity contribution >= 4 is 11.6 Å². The van der Waals surface area contributed by atoms with Gasteiger partial charge in [-0.1, -0.05) is 32.4 Å². The number of hydrogen-bond acceptors (Lipinski definition) is 4. The molecule has 4 nitrogen and oxygen atoms in total. The highest BCUT2D eigenvalue weighted by Crippen LogP contribution is 2.27. The Morgan fingerprint density at radius 3 is 2.39 bits per heavy atom. The van der Waals surface area contributed by atoms with Crippen LogP contribution >= 0.6 is 11.6 Å². The third kappa shape index (κ3) is 3.82. The number of nitrogens with zero attached hydrogens (tertiary/aromatic N) is 2. The molecule has 0 N–H and O–H groups in total. The van der Waals surface area contributed by atoms with Crippen molar-refractivity contribution in [2.45, 2.75) is 46.1 Å². The minimum atomic E-state index is -0.167. The zero-order valence-electron chi connectivity index (χ0n) is 11.9. The van der Waals surface area contributed by atoms with Crippen LogP contribution in [0.5, 0.6) is 5.88 Å². The molecule has 0 bridgehead atoms. The third-order valence-electron chi connectivity index (χ3n) is 2.43. The van der Waals surface area contributed by atoms with Crippen LogP contribution in [0.25, 0.3) is 0 Å². The van der Waals surface area contributed by atoms with Crippen LogP contribution in [0, 0.1) is 6.92 Å². The number of hydrogen-bond donors (Lipinski definition) is 0.